The number of nitrogens with zero attached hydrogens (tertiary/aromatic N) is 2. The minimum atomic E-state index is -0.926. The van der Waals surface area contributed by atoms with E-state index >= 15 is 0 Å². The van der Waals surface area contributed by atoms with Crippen molar-refractivity contribution in [2.75, 3.05) is 26.7 Å². The lowest BCUT2D eigenvalue weighted by Crippen LogP contribution is -2.67. The lowest BCUT2D eigenvalue weighted by Gasteiger charge is -2.59. The fraction of sp³-hybridized carbons (Fsp3) is 0.517. The molecule has 6 nitrogen and oxygen atoms in total. The molecule has 0 radical (unpaired) electrons. The molecule has 1 aliphatic heterocycles. The van der Waals surface area contributed by atoms with Crippen molar-refractivity contribution in [2.45, 2.75) is 63.5 Å². The van der Waals surface area contributed by atoms with Crippen LogP contribution in [0, 0.1) is 5.92 Å². The molecule has 1 N–H and O–H groups in total. The monoisotopic (exact) mass is 478 g/mol. The molecule has 1 heterocycles. The number of hydrogen-bond acceptors (Lipinski definition) is 5. The van der Waals surface area contributed by atoms with Crippen LogP contribution >= 0.6 is 0 Å². The summed E-state index contributed by atoms with van der Waals surface area (Å²) in [5.74, 6) is 0.499. The van der Waals surface area contributed by atoms with Gasteiger partial charge in [0.05, 0.1) is 5.60 Å². The van der Waals surface area contributed by atoms with E-state index in [4.69, 9.17) is 4.74 Å². The number of fused-ring (bicyclic) bond motifs is 1. The average Bonchev–Trinajstić information content (AvgIpc) is 2.82. The standard InChI is InChI=1S/C29H38N2O4/c1-21(2)19-31(27(33)23-9-6-5-7-10-23)25-13-14-29(34)20-30(4)16-15-28(29,18-25)24-11-8-12-26(17-24)35-22(3)32/h5-12,17,21,25,34H,13-16,18-20H2,1-4H3/t25-,28?,29?/m1/s1. The van der Waals surface area contributed by atoms with Crippen LogP contribution in [-0.4, -0.2) is 65.1 Å². The van der Waals surface area contributed by atoms with Crippen LogP contribution in [0.15, 0.2) is 54.6 Å². The highest BCUT2D eigenvalue weighted by Gasteiger charge is 2.58. The quantitative estimate of drug-likeness (QED) is 0.496. The Kier molecular flexibility index (Phi) is 7.34. The number of amides is 1. The van der Waals surface area contributed by atoms with Crippen LogP contribution in [0.5, 0.6) is 5.75 Å². The van der Waals surface area contributed by atoms with Crippen LogP contribution in [0.4, 0.5) is 0 Å². The number of piperidine rings is 1. The minimum Gasteiger partial charge on any atom is -0.427 e. The first-order valence-corrected chi connectivity index (χ1v) is 12.7. The summed E-state index contributed by atoms with van der Waals surface area (Å²) < 4.78 is 5.40. The van der Waals surface area contributed by atoms with Crippen molar-refractivity contribution in [3.05, 3.63) is 65.7 Å². The normalized spacial score (nSPS) is 26.7. The Hall–Kier alpha value is -2.70. The summed E-state index contributed by atoms with van der Waals surface area (Å²) in [6.45, 7) is 7.77. The van der Waals surface area contributed by atoms with Gasteiger partial charge in [0.2, 0.25) is 0 Å². The molecule has 1 saturated carbocycles. The third-order valence-electron chi connectivity index (χ3n) is 7.75. The molecule has 0 bridgehead atoms. The highest BCUT2D eigenvalue weighted by Crippen LogP contribution is 2.53. The van der Waals surface area contributed by atoms with Gasteiger partial charge in [-0.25, -0.2) is 0 Å². The van der Waals surface area contributed by atoms with Crippen LogP contribution in [0.3, 0.4) is 0 Å². The molecule has 2 aromatic rings. The molecular weight excluding hydrogens is 440 g/mol. The van der Waals surface area contributed by atoms with Gasteiger partial charge in [0, 0.05) is 37.0 Å². The van der Waals surface area contributed by atoms with E-state index in [-0.39, 0.29) is 17.9 Å². The van der Waals surface area contributed by atoms with Gasteiger partial charge in [-0.1, -0.05) is 44.2 Å². The maximum Gasteiger partial charge on any atom is 0.308 e. The molecular formula is C29H38N2O4. The molecule has 1 amide bonds. The van der Waals surface area contributed by atoms with Crippen molar-refractivity contribution in [2.24, 2.45) is 5.92 Å². The van der Waals surface area contributed by atoms with Gasteiger partial charge < -0.3 is 19.6 Å². The average molecular weight is 479 g/mol. The Balaban J connectivity index is 1.74. The molecule has 3 atom stereocenters. The van der Waals surface area contributed by atoms with Gasteiger partial charge in [-0.15, -0.1) is 0 Å². The maximum absolute atomic E-state index is 13.7. The molecule has 4 rings (SSSR count). The third-order valence-corrected chi connectivity index (χ3v) is 7.75. The Bertz CT molecular complexity index is 1060. The number of likely N-dealkylation sites (N-methyl/N-ethyl adjacent to an activating group) is 1. The second-order valence-electron chi connectivity index (χ2n) is 10.8. The predicted molar refractivity (Wildman–Crippen MR) is 136 cm³/mol. The first-order valence-electron chi connectivity index (χ1n) is 12.7. The second-order valence-corrected chi connectivity index (χ2v) is 10.8. The van der Waals surface area contributed by atoms with Gasteiger partial charge in [0.15, 0.2) is 0 Å². The molecule has 188 valence electrons. The zero-order chi connectivity index (χ0) is 25.2. The molecule has 6 heteroatoms. The topological polar surface area (TPSA) is 70.1 Å². The summed E-state index contributed by atoms with van der Waals surface area (Å²) in [6, 6.07) is 17.1. The number of ether oxygens (including phenoxy) is 1. The lowest BCUT2D eigenvalue weighted by atomic mass is 9.55. The smallest absolute Gasteiger partial charge is 0.308 e. The van der Waals surface area contributed by atoms with Crippen molar-refractivity contribution in [1.82, 2.24) is 9.80 Å². The Morgan fingerprint density at radius 2 is 1.89 bits per heavy atom. The zero-order valence-corrected chi connectivity index (χ0v) is 21.4. The summed E-state index contributed by atoms with van der Waals surface area (Å²) in [6.07, 6.45) is 2.80. The highest BCUT2D eigenvalue weighted by molar-refractivity contribution is 5.94. The number of aliphatic hydroxyl groups is 1. The van der Waals surface area contributed by atoms with Crippen LogP contribution in [-0.2, 0) is 10.2 Å². The Morgan fingerprint density at radius 3 is 2.57 bits per heavy atom. The molecule has 1 aliphatic carbocycles. The molecule has 0 aromatic heterocycles. The number of hydrogen-bond donors (Lipinski definition) is 1. The molecule has 1 saturated heterocycles. The van der Waals surface area contributed by atoms with E-state index in [1.54, 1.807) is 6.07 Å². The number of benzene rings is 2. The van der Waals surface area contributed by atoms with Crippen molar-refractivity contribution in [1.29, 1.82) is 0 Å². The van der Waals surface area contributed by atoms with E-state index in [0.29, 0.717) is 43.2 Å². The van der Waals surface area contributed by atoms with Crippen molar-refractivity contribution in [3.8, 4) is 5.75 Å². The number of β-amino-alcohol motifs (C(OH)–C–C–N with tert-alkyl or cyclic N) is 1. The predicted octanol–water partition coefficient (Wildman–Crippen LogP) is 4.27. The SMILES string of the molecule is CC(=O)Oc1cccc(C23CCN(C)CC2(O)CC[C@@H](N(CC(C)C)C(=O)c2ccccc2)C3)c1. The van der Waals surface area contributed by atoms with Gasteiger partial charge in [-0.2, -0.15) is 0 Å². The third kappa shape index (κ3) is 5.14. The summed E-state index contributed by atoms with van der Waals surface area (Å²) in [5, 5.41) is 12.1. The molecule has 2 fully saturated rings. The Morgan fingerprint density at radius 1 is 1.14 bits per heavy atom. The number of carbonyl (C=O) groups is 2. The number of likely N-dealkylation sites (tertiary alicyclic amines) is 1. The van der Waals surface area contributed by atoms with Crippen molar-refractivity contribution >= 4 is 11.9 Å². The van der Waals surface area contributed by atoms with E-state index < -0.39 is 11.0 Å². The fourth-order valence-electron chi connectivity index (χ4n) is 6.17. The van der Waals surface area contributed by atoms with E-state index in [9.17, 15) is 14.7 Å². The Labute approximate surface area is 208 Å². The fourth-order valence-corrected chi connectivity index (χ4v) is 6.17. The summed E-state index contributed by atoms with van der Waals surface area (Å²) in [5.41, 5.74) is 0.214. The largest absolute Gasteiger partial charge is 0.427 e. The molecule has 0 spiro atoms. The van der Waals surface area contributed by atoms with E-state index in [1.807, 2.05) is 60.5 Å². The summed E-state index contributed by atoms with van der Waals surface area (Å²) in [7, 11) is 2.05. The second kappa shape index (κ2) is 10.1. The molecule has 2 aliphatic rings. The first-order chi connectivity index (χ1) is 16.6. The van der Waals surface area contributed by atoms with Gasteiger partial charge in [0.1, 0.15) is 5.75 Å². The van der Waals surface area contributed by atoms with Crippen LogP contribution in [0.1, 0.15) is 62.4 Å². The zero-order valence-electron chi connectivity index (χ0n) is 21.4. The maximum atomic E-state index is 13.7. The van der Waals surface area contributed by atoms with Crippen molar-refractivity contribution in [3.63, 3.8) is 0 Å². The van der Waals surface area contributed by atoms with Gasteiger partial charge in [-0.05, 0) is 75.0 Å². The van der Waals surface area contributed by atoms with E-state index in [0.717, 1.165) is 24.9 Å². The molecule has 2 aromatic carbocycles. The van der Waals surface area contributed by atoms with Gasteiger partial charge in [-0.3, -0.25) is 9.59 Å². The number of esters is 1. The van der Waals surface area contributed by atoms with Crippen LogP contribution < -0.4 is 4.74 Å². The van der Waals surface area contributed by atoms with Gasteiger partial charge >= 0.3 is 5.97 Å². The first kappa shape index (κ1) is 25.4. The molecule has 35 heavy (non-hydrogen) atoms. The summed E-state index contributed by atoms with van der Waals surface area (Å²) >= 11 is 0. The minimum absolute atomic E-state index is 0.00571. The number of carbonyl (C=O) groups excluding carboxylic acids is 2. The van der Waals surface area contributed by atoms with Crippen LogP contribution in [0.2, 0.25) is 0 Å². The summed E-state index contributed by atoms with van der Waals surface area (Å²) in [4.78, 5) is 29.5. The van der Waals surface area contributed by atoms with Crippen LogP contribution in [0.25, 0.3) is 0 Å². The van der Waals surface area contributed by atoms with E-state index in [2.05, 4.69) is 18.7 Å². The molecule has 2 unspecified atom stereocenters. The van der Waals surface area contributed by atoms with E-state index in [1.165, 1.54) is 6.92 Å². The van der Waals surface area contributed by atoms with Crippen molar-refractivity contribution < 1.29 is 19.4 Å². The number of rotatable bonds is 6. The van der Waals surface area contributed by atoms with Gasteiger partial charge in [0.25, 0.3) is 5.91 Å². The highest BCUT2D eigenvalue weighted by atomic mass is 16.5. The lowest BCUT2D eigenvalue weighted by molar-refractivity contribution is -0.132.